The first-order valence-corrected chi connectivity index (χ1v) is 13.2. The Morgan fingerprint density at radius 3 is 2.24 bits per heavy atom. The number of aryl methyl sites for hydroxylation is 1. The molecule has 0 atom stereocenters. The number of nitrogens with zero attached hydrogens (tertiary/aromatic N) is 2. The number of anilines is 1. The van der Waals surface area contributed by atoms with Gasteiger partial charge in [-0.25, -0.2) is 8.78 Å². The zero-order valence-corrected chi connectivity index (χ0v) is 23.4. The number of halogens is 4. The zero-order valence-electron chi connectivity index (χ0n) is 21.9. The second kappa shape index (κ2) is 15.8. The van der Waals surface area contributed by atoms with Crippen molar-refractivity contribution in [3.05, 3.63) is 63.6 Å². The van der Waals surface area contributed by atoms with Crippen molar-refractivity contribution in [2.45, 2.75) is 45.2 Å². The van der Waals surface area contributed by atoms with Crippen LogP contribution in [0.1, 0.15) is 35.7 Å². The molecule has 3 N–H and O–H groups in total. The van der Waals surface area contributed by atoms with Crippen LogP contribution < -0.4 is 10.6 Å². The lowest BCUT2D eigenvalue weighted by Crippen LogP contribution is -2.60. The minimum absolute atomic E-state index is 0.143. The van der Waals surface area contributed by atoms with Crippen molar-refractivity contribution in [3.63, 3.8) is 0 Å². The Balaban J connectivity index is 0.000000428. The molecule has 0 spiro atoms. The fourth-order valence-corrected chi connectivity index (χ4v) is 4.85. The Labute approximate surface area is 233 Å². The number of aliphatic hydroxyl groups is 1. The summed E-state index contributed by atoms with van der Waals surface area (Å²) in [5.41, 5.74) is 2.18. The van der Waals surface area contributed by atoms with E-state index in [1.54, 1.807) is 25.1 Å². The molecule has 210 valence electrons. The summed E-state index contributed by atoms with van der Waals surface area (Å²) in [4.78, 5) is 27.6. The summed E-state index contributed by atoms with van der Waals surface area (Å²) in [5, 5.41) is 13.6. The number of hydrogen-bond donors (Lipinski definition) is 3. The van der Waals surface area contributed by atoms with E-state index in [9.17, 15) is 18.4 Å². The zero-order chi connectivity index (χ0) is 28.2. The largest absolute Gasteiger partial charge is 0.400 e. The van der Waals surface area contributed by atoms with Crippen LogP contribution in [0.15, 0.2) is 42.5 Å². The summed E-state index contributed by atoms with van der Waals surface area (Å²) in [7, 11) is 1.00. The standard InChI is InChI=1S/C19H25ClF2N4O2.C7H7Cl.CH4O/c1-12(27)25-6-4-15(5-7-25)26-10-14(11-26)24-13-2-3-16(17(20)8-13)19(28)23-9-18(21)22;1-6-3-2-4-7(8)5-6;1-2/h2-3,8,14-15,18,24H,4-7,9-11H2,1H3,(H,23,28);2-5H,1H3;2H,1H3. The van der Waals surface area contributed by atoms with Crippen LogP contribution in [0.3, 0.4) is 0 Å². The van der Waals surface area contributed by atoms with Crippen molar-refractivity contribution in [1.82, 2.24) is 15.1 Å². The SMILES string of the molecule is CC(=O)N1CCC(N2CC(Nc3ccc(C(=O)NCC(F)F)c(Cl)c3)C2)CC1.CO.Cc1cccc(Cl)c1. The van der Waals surface area contributed by atoms with Crippen molar-refractivity contribution in [3.8, 4) is 0 Å². The number of likely N-dealkylation sites (tertiary alicyclic amines) is 2. The predicted molar refractivity (Wildman–Crippen MR) is 148 cm³/mol. The molecule has 0 bridgehead atoms. The van der Waals surface area contributed by atoms with E-state index < -0.39 is 18.9 Å². The summed E-state index contributed by atoms with van der Waals surface area (Å²) in [6, 6.07) is 13.5. The Morgan fingerprint density at radius 1 is 1.08 bits per heavy atom. The smallest absolute Gasteiger partial charge is 0.255 e. The Kier molecular flexibility index (Phi) is 13.2. The van der Waals surface area contributed by atoms with Gasteiger partial charge in [-0.2, -0.15) is 0 Å². The van der Waals surface area contributed by atoms with Gasteiger partial charge in [0.2, 0.25) is 5.91 Å². The first-order valence-electron chi connectivity index (χ1n) is 12.4. The highest BCUT2D eigenvalue weighted by Gasteiger charge is 2.34. The van der Waals surface area contributed by atoms with Crippen LogP contribution in [0.25, 0.3) is 0 Å². The van der Waals surface area contributed by atoms with E-state index >= 15 is 0 Å². The van der Waals surface area contributed by atoms with Gasteiger partial charge < -0.3 is 20.6 Å². The van der Waals surface area contributed by atoms with Crippen LogP contribution in [-0.2, 0) is 4.79 Å². The number of amides is 2. The lowest BCUT2D eigenvalue weighted by Gasteiger charge is -2.47. The third-order valence-corrected chi connectivity index (χ3v) is 6.87. The number of hydrogen-bond acceptors (Lipinski definition) is 5. The molecule has 7 nitrogen and oxygen atoms in total. The maximum absolute atomic E-state index is 12.2. The molecule has 2 aromatic carbocycles. The third kappa shape index (κ3) is 10.0. The minimum atomic E-state index is -2.60. The molecular weight excluding hydrogens is 537 g/mol. The fourth-order valence-electron chi connectivity index (χ4n) is 4.34. The molecule has 0 saturated carbocycles. The highest BCUT2D eigenvalue weighted by molar-refractivity contribution is 6.34. The number of carbonyl (C=O) groups excluding carboxylic acids is 2. The fraction of sp³-hybridized carbons (Fsp3) is 0.481. The molecule has 2 aromatic rings. The van der Waals surface area contributed by atoms with Crippen LogP contribution in [0, 0.1) is 6.92 Å². The van der Waals surface area contributed by atoms with Gasteiger partial charge in [-0.3, -0.25) is 14.5 Å². The molecule has 2 aliphatic rings. The number of aliphatic hydroxyl groups excluding tert-OH is 1. The first kappa shape index (κ1) is 31.8. The van der Waals surface area contributed by atoms with Crippen molar-refractivity contribution in [1.29, 1.82) is 0 Å². The van der Waals surface area contributed by atoms with E-state index in [0.717, 1.165) is 56.8 Å². The van der Waals surface area contributed by atoms with Gasteiger partial charge in [0.05, 0.1) is 23.2 Å². The molecule has 11 heteroatoms. The Hall–Kier alpha value is -2.46. The normalized spacial score (nSPS) is 16.0. The summed E-state index contributed by atoms with van der Waals surface area (Å²) in [6.07, 6.45) is -0.596. The van der Waals surface area contributed by atoms with Gasteiger partial charge in [0.1, 0.15) is 0 Å². The first-order chi connectivity index (χ1) is 18.1. The maximum Gasteiger partial charge on any atom is 0.255 e. The van der Waals surface area contributed by atoms with Gasteiger partial charge in [0, 0.05) is 57.0 Å². The molecular formula is C27H36Cl2F2N4O3. The van der Waals surface area contributed by atoms with E-state index in [2.05, 4.69) is 15.5 Å². The highest BCUT2D eigenvalue weighted by Crippen LogP contribution is 2.26. The predicted octanol–water partition coefficient (Wildman–Crippen LogP) is 4.70. The lowest BCUT2D eigenvalue weighted by molar-refractivity contribution is -0.130. The molecule has 2 fully saturated rings. The highest BCUT2D eigenvalue weighted by atomic mass is 35.5. The van der Waals surface area contributed by atoms with E-state index in [1.165, 1.54) is 5.56 Å². The Bertz CT molecular complexity index is 1030. The van der Waals surface area contributed by atoms with Crippen molar-refractivity contribution in [2.75, 3.05) is 45.2 Å². The van der Waals surface area contributed by atoms with E-state index in [-0.39, 0.29) is 16.5 Å². The summed E-state index contributed by atoms with van der Waals surface area (Å²) < 4.78 is 24.4. The molecule has 2 saturated heterocycles. The number of benzene rings is 2. The second-order valence-electron chi connectivity index (χ2n) is 9.13. The van der Waals surface area contributed by atoms with Gasteiger partial charge in [-0.15, -0.1) is 0 Å². The van der Waals surface area contributed by atoms with Crippen molar-refractivity contribution < 1.29 is 23.5 Å². The Morgan fingerprint density at radius 2 is 1.74 bits per heavy atom. The van der Waals surface area contributed by atoms with Crippen LogP contribution in [-0.4, -0.2) is 85.1 Å². The number of piperidine rings is 1. The molecule has 0 aromatic heterocycles. The average molecular weight is 574 g/mol. The maximum atomic E-state index is 12.2. The van der Waals surface area contributed by atoms with Crippen molar-refractivity contribution >= 4 is 40.7 Å². The monoisotopic (exact) mass is 572 g/mol. The van der Waals surface area contributed by atoms with Crippen LogP contribution in [0.2, 0.25) is 10.0 Å². The van der Waals surface area contributed by atoms with Crippen LogP contribution >= 0.6 is 23.2 Å². The van der Waals surface area contributed by atoms with Gasteiger partial charge in [0.15, 0.2) is 0 Å². The molecule has 0 unspecified atom stereocenters. The van der Waals surface area contributed by atoms with Crippen LogP contribution in [0.5, 0.6) is 0 Å². The van der Waals surface area contributed by atoms with E-state index in [1.807, 2.05) is 36.1 Å². The second-order valence-corrected chi connectivity index (χ2v) is 9.97. The van der Waals surface area contributed by atoms with Gasteiger partial charge in [-0.1, -0.05) is 35.3 Å². The van der Waals surface area contributed by atoms with Crippen LogP contribution in [0.4, 0.5) is 14.5 Å². The molecule has 38 heavy (non-hydrogen) atoms. The number of nitrogens with one attached hydrogen (secondary N) is 2. The van der Waals surface area contributed by atoms with E-state index in [0.29, 0.717) is 12.1 Å². The summed E-state index contributed by atoms with van der Waals surface area (Å²) >= 11 is 11.8. The number of rotatable bonds is 6. The molecule has 2 amide bonds. The third-order valence-electron chi connectivity index (χ3n) is 6.32. The van der Waals surface area contributed by atoms with Gasteiger partial charge in [-0.05, 0) is 55.7 Å². The molecule has 2 heterocycles. The molecule has 4 rings (SSSR count). The van der Waals surface area contributed by atoms with Crippen molar-refractivity contribution in [2.24, 2.45) is 0 Å². The van der Waals surface area contributed by atoms with Gasteiger partial charge in [0.25, 0.3) is 12.3 Å². The van der Waals surface area contributed by atoms with Gasteiger partial charge >= 0.3 is 0 Å². The summed E-state index contributed by atoms with van der Waals surface area (Å²) in [5.74, 6) is -0.464. The van der Waals surface area contributed by atoms with E-state index in [4.69, 9.17) is 28.3 Å². The summed E-state index contributed by atoms with van der Waals surface area (Å²) in [6.45, 7) is 6.41. The number of alkyl halides is 2. The minimum Gasteiger partial charge on any atom is -0.400 e. The quantitative estimate of drug-likeness (QED) is 0.467. The molecule has 0 aliphatic carbocycles. The average Bonchev–Trinajstić information content (AvgIpc) is 2.86. The number of carbonyl (C=O) groups is 2. The topological polar surface area (TPSA) is 84.9 Å². The lowest BCUT2D eigenvalue weighted by atomic mass is 9.97. The molecule has 0 radical (unpaired) electrons. The molecule has 2 aliphatic heterocycles.